The van der Waals surface area contributed by atoms with Crippen molar-refractivity contribution in [2.75, 3.05) is 6.61 Å². The molecule has 0 spiro atoms. The van der Waals surface area contributed by atoms with E-state index in [2.05, 4.69) is 11.1 Å². The molecule has 4 rings (SSSR count). The lowest BCUT2D eigenvalue weighted by molar-refractivity contribution is 0.0471. The minimum atomic E-state index is -0.533. The van der Waals surface area contributed by atoms with Crippen LogP contribution in [0.1, 0.15) is 37.8 Å². The van der Waals surface area contributed by atoms with Crippen molar-refractivity contribution in [3.63, 3.8) is 0 Å². The summed E-state index contributed by atoms with van der Waals surface area (Å²) >= 11 is 3.11. The van der Waals surface area contributed by atoms with Gasteiger partial charge in [0.1, 0.15) is 0 Å². The quantitative estimate of drug-likeness (QED) is 0.177. The van der Waals surface area contributed by atoms with E-state index >= 15 is 0 Å². The van der Waals surface area contributed by atoms with Crippen molar-refractivity contribution >= 4 is 45.8 Å². The van der Waals surface area contributed by atoms with Gasteiger partial charge in [-0.2, -0.15) is 5.26 Å². The van der Waals surface area contributed by atoms with Crippen molar-refractivity contribution in [2.24, 2.45) is 0 Å². The second-order valence-corrected chi connectivity index (χ2v) is 9.38. The average Bonchev–Trinajstić information content (AvgIpc) is 3.43. The number of thioether (sulfide) groups is 1. The van der Waals surface area contributed by atoms with Crippen LogP contribution in [0.25, 0.3) is 10.9 Å². The summed E-state index contributed by atoms with van der Waals surface area (Å²) < 4.78 is 7.29. The normalized spacial score (nSPS) is 10.8. The van der Waals surface area contributed by atoms with Gasteiger partial charge < -0.3 is 9.30 Å². The van der Waals surface area contributed by atoms with Crippen LogP contribution in [0.2, 0.25) is 0 Å². The van der Waals surface area contributed by atoms with E-state index in [1.54, 1.807) is 29.7 Å². The van der Waals surface area contributed by atoms with Gasteiger partial charge in [-0.1, -0.05) is 30.3 Å². The fourth-order valence-electron chi connectivity index (χ4n) is 3.50. The van der Waals surface area contributed by atoms with Gasteiger partial charge in [-0.05, 0) is 25.1 Å². The van der Waals surface area contributed by atoms with Crippen LogP contribution in [0.4, 0.5) is 0 Å². The predicted octanol–water partition coefficient (Wildman–Crippen LogP) is 5.65. The summed E-state index contributed by atoms with van der Waals surface area (Å²) in [6.07, 6.45) is 2.08. The molecule has 8 heteroatoms. The largest absolute Gasteiger partial charge is 0.454 e. The van der Waals surface area contributed by atoms with Gasteiger partial charge in [0.2, 0.25) is 5.78 Å². The van der Waals surface area contributed by atoms with Gasteiger partial charge in [0.05, 0.1) is 28.8 Å². The third-order valence-electron chi connectivity index (χ3n) is 5.04. The number of carbonyl (C=O) groups is 2. The zero-order valence-electron chi connectivity index (χ0n) is 18.0. The van der Waals surface area contributed by atoms with E-state index in [0.29, 0.717) is 29.8 Å². The second-order valence-electron chi connectivity index (χ2n) is 7.30. The maximum atomic E-state index is 12.9. The summed E-state index contributed by atoms with van der Waals surface area (Å²) in [5, 5.41) is 12.7. The van der Waals surface area contributed by atoms with Crippen molar-refractivity contribution in [1.29, 1.82) is 5.26 Å². The van der Waals surface area contributed by atoms with Crippen LogP contribution in [0, 0.1) is 18.3 Å². The van der Waals surface area contributed by atoms with Gasteiger partial charge in [-0.3, -0.25) is 4.79 Å². The smallest absolute Gasteiger partial charge is 0.339 e. The Balaban J connectivity index is 1.45. The highest BCUT2D eigenvalue weighted by Crippen LogP contribution is 2.28. The van der Waals surface area contributed by atoms with Gasteiger partial charge in [0.25, 0.3) is 0 Å². The number of hydrogen-bond donors (Lipinski definition) is 0. The molecule has 0 unspecified atom stereocenters. The SMILES string of the molecule is Cc1nc(CSc2ccccc2C(=O)OCC(=O)c2cn(CCC#N)c3ccccc23)cs1. The maximum absolute atomic E-state index is 12.9. The van der Waals surface area contributed by atoms with Crippen LogP contribution in [0.5, 0.6) is 0 Å². The minimum absolute atomic E-state index is 0.279. The number of ketones is 1. The molecular weight excluding hydrogens is 454 g/mol. The fraction of sp³-hybridized carbons (Fsp3) is 0.200. The van der Waals surface area contributed by atoms with Gasteiger partial charge in [0, 0.05) is 45.2 Å². The van der Waals surface area contributed by atoms with Crippen LogP contribution in [-0.2, 0) is 17.0 Å². The number of carbonyl (C=O) groups excluding carboxylic acids is 2. The Kier molecular flexibility index (Phi) is 7.23. The number of benzene rings is 2. The highest BCUT2D eigenvalue weighted by atomic mass is 32.2. The van der Waals surface area contributed by atoms with Gasteiger partial charge in [-0.15, -0.1) is 23.1 Å². The summed E-state index contributed by atoms with van der Waals surface area (Å²) in [6.45, 7) is 2.10. The highest BCUT2D eigenvalue weighted by Gasteiger charge is 2.19. The molecule has 0 atom stereocenters. The number of hydrogen-bond acceptors (Lipinski definition) is 7. The molecule has 2 aromatic heterocycles. The fourth-order valence-corrected chi connectivity index (χ4v) is 5.15. The van der Waals surface area contributed by atoms with Crippen LogP contribution < -0.4 is 0 Å². The number of thiazole rings is 1. The first kappa shape index (κ1) is 22.8. The number of rotatable bonds is 9. The summed E-state index contributed by atoms with van der Waals surface area (Å²) in [5.74, 6) is -0.164. The lowest BCUT2D eigenvalue weighted by atomic mass is 10.1. The number of Topliss-reactive ketones (excluding diaryl/α,β-unsaturated/α-hetero) is 1. The van der Waals surface area contributed by atoms with Gasteiger partial charge in [0.15, 0.2) is 6.61 Å². The van der Waals surface area contributed by atoms with Gasteiger partial charge in [-0.25, -0.2) is 9.78 Å². The molecule has 6 nitrogen and oxygen atoms in total. The van der Waals surface area contributed by atoms with Crippen molar-refractivity contribution in [1.82, 2.24) is 9.55 Å². The van der Waals surface area contributed by atoms with E-state index < -0.39 is 5.97 Å². The number of aromatic nitrogens is 2. The molecule has 33 heavy (non-hydrogen) atoms. The van der Waals surface area contributed by atoms with Crippen molar-refractivity contribution in [2.45, 2.75) is 30.5 Å². The molecule has 0 saturated heterocycles. The number of fused-ring (bicyclic) bond motifs is 1. The lowest BCUT2D eigenvalue weighted by Gasteiger charge is -2.08. The Morgan fingerprint density at radius 1 is 1.15 bits per heavy atom. The molecule has 0 bridgehead atoms. The molecule has 0 amide bonds. The molecule has 0 radical (unpaired) electrons. The number of esters is 1. The van der Waals surface area contributed by atoms with E-state index in [-0.39, 0.29) is 12.4 Å². The Morgan fingerprint density at radius 2 is 1.94 bits per heavy atom. The van der Waals surface area contributed by atoms with E-state index in [4.69, 9.17) is 10.00 Å². The van der Waals surface area contributed by atoms with Crippen molar-refractivity contribution in [3.8, 4) is 6.07 Å². The Bertz CT molecular complexity index is 1350. The van der Waals surface area contributed by atoms with Crippen molar-refractivity contribution in [3.05, 3.63) is 81.9 Å². The number of para-hydroxylation sites is 1. The average molecular weight is 476 g/mol. The first-order valence-electron chi connectivity index (χ1n) is 10.3. The molecular formula is C25H21N3O3S2. The minimum Gasteiger partial charge on any atom is -0.454 e. The molecule has 2 heterocycles. The number of nitriles is 1. The van der Waals surface area contributed by atoms with Gasteiger partial charge >= 0.3 is 5.97 Å². The summed E-state index contributed by atoms with van der Waals surface area (Å²) in [6, 6.07) is 16.9. The van der Waals surface area contributed by atoms with E-state index in [9.17, 15) is 9.59 Å². The van der Waals surface area contributed by atoms with E-state index in [1.165, 1.54) is 11.8 Å². The monoisotopic (exact) mass is 475 g/mol. The molecule has 2 aromatic carbocycles. The molecule has 0 fully saturated rings. The van der Waals surface area contributed by atoms with Crippen LogP contribution in [0.15, 0.2) is 65.0 Å². The highest BCUT2D eigenvalue weighted by molar-refractivity contribution is 7.98. The molecule has 0 saturated carbocycles. The number of nitrogens with zero attached hydrogens (tertiary/aromatic N) is 3. The maximum Gasteiger partial charge on any atom is 0.339 e. The number of aryl methyl sites for hydroxylation is 2. The third-order valence-corrected chi connectivity index (χ3v) is 6.97. The third kappa shape index (κ3) is 5.33. The van der Waals surface area contributed by atoms with E-state index in [1.807, 2.05) is 53.3 Å². The summed E-state index contributed by atoms with van der Waals surface area (Å²) in [4.78, 5) is 30.9. The summed E-state index contributed by atoms with van der Waals surface area (Å²) in [5.41, 5.74) is 2.76. The van der Waals surface area contributed by atoms with Crippen LogP contribution >= 0.6 is 23.1 Å². The molecule has 0 N–H and O–H groups in total. The standard InChI is InChI=1S/C25H21N3O3S2/c1-17-27-18(15-32-17)16-33-24-10-5-3-8-20(24)25(30)31-14-23(29)21-13-28(12-6-11-26)22-9-4-2-7-19(21)22/h2-5,7-10,13,15H,6,12,14,16H2,1H3. The van der Waals surface area contributed by atoms with Crippen LogP contribution in [0.3, 0.4) is 0 Å². The Morgan fingerprint density at radius 3 is 2.73 bits per heavy atom. The molecule has 0 aliphatic carbocycles. The zero-order valence-corrected chi connectivity index (χ0v) is 19.6. The first-order chi connectivity index (χ1) is 16.1. The molecule has 166 valence electrons. The van der Waals surface area contributed by atoms with Crippen molar-refractivity contribution < 1.29 is 14.3 Å². The predicted molar refractivity (Wildman–Crippen MR) is 130 cm³/mol. The molecule has 0 aliphatic heterocycles. The summed E-state index contributed by atoms with van der Waals surface area (Å²) in [7, 11) is 0. The Labute approximate surface area is 199 Å². The van der Waals surface area contributed by atoms with Crippen LogP contribution in [-0.4, -0.2) is 27.9 Å². The zero-order chi connectivity index (χ0) is 23.2. The number of ether oxygens (including phenoxy) is 1. The first-order valence-corrected chi connectivity index (χ1v) is 12.2. The Hall–Kier alpha value is -3.41. The topological polar surface area (TPSA) is 85.0 Å². The second kappa shape index (κ2) is 10.5. The lowest BCUT2D eigenvalue weighted by Crippen LogP contribution is -2.14. The van der Waals surface area contributed by atoms with E-state index in [0.717, 1.165) is 26.5 Å². The molecule has 4 aromatic rings. The molecule has 0 aliphatic rings.